The minimum absolute atomic E-state index is 0.631. The Morgan fingerprint density at radius 1 is 1.33 bits per heavy atom. The van der Waals surface area contributed by atoms with E-state index < -0.39 is 0 Å². The van der Waals surface area contributed by atoms with Crippen LogP contribution in [0.4, 0.5) is 0 Å². The second kappa shape index (κ2) is 6.05. The summed E-state index contributed by atoms with van der Waals surface area (Å²) in [7, 11) is 1.95. The molecule has 5 nitrogen and oxygen atoms in total. The molecule has 2 heterocycles. The Balaban J connectivity index is 2.27. The van der Waals surface area contributed by atoms with E-state index in [0.717, 1.165) is 25.8 Å². The van der Waals surface area contributed by atoms with Crippen LogP contribution in [0.1, 0.15) is 11.3 Å². The lowest BCUT2D eigenvalue weighted by Crippen LogP contribution is -2.04. The van der Waals surface area contributed by atoms with Gasteiger partial charge in [-0.15, -0.1) is 10.2 Å². The number of nitrogens with zero attached hydrogens (tertiary/aromatic N) is 4. The number of hydrogen-bond donors (Lipinski definition) is 1. The molecule has 0 fully saturated rings. The first kappa shape index (κ1) is 13.9. The third-order valence-corrected chi connectivity index (χ3v) is 5.58. The van der Waals surface area contributed by atoms with Gasteiger partial charge < -0.3 is 5.73 Å². The van der Waals surface area contributed by atoms with Gasteiger partial charge in [-0.05, 0) is 37.9 Å². The monoisotopic (exact) mass is 301 g/mol. The maximum absolute atomic E-state index is 5.65. The normalized spacial score (nSPS) is 11.1. The summed E-state index contributed by atoms with van der Waals surface area (Å²) in [5.74, 6) is 0. The van der Waals surface area contributed by atoms with Gasteiger partial charge in [0.05, 0.1) is 5.69 Å². The van der Waals surface area contributed by atoms with Gasteiger partial charge in [-0.25, -0.2) is 0 Å². The molecule has 2 N–H and O–H groups in total. The molecule has 2 rings (SSSR count). The Hall–Kier alpha value is -0.570. The zero-order chi connectivity index (χ0) is 13.1. The summed E-state index contributed by atoms with van der Waals surface area (Å²) in [5, 5.41) is 13.8. The van der Waals surface area contributed by atoms with Crippen LogP contribution in [0.25, 0.3) is 0 Å². The highest BCUT2D eigenvalue weighted by Crippen LogP contribution is 2.35. The molecule has 0 unspecified atom stereocenters. The highest BCUT2D eigenvalue weighted by atomic mass is 32.2. The first-order chi connectivity index (χ1) is 8.65. The second-order valence-electron chi connectivity index (χ2n) is 3.67. The fraction of sp³-hybridized carbons (Fsp3) is 0.500. The van der Waals surface area contributed by atoms with Crippen LogP contribution in [0.3, 0.4) is 0 Å². The van der Waals surface area contributed by atoms with Crippen LogP contribution in [0, 0.1) is 6.92 Å². The van der Waals surface area contributed by atoms with Crippen molar-refractivity contribution in [2.45, 2.75) is 27.0 Å². The number of hydrogen-bond acceptors (Lipinski definition) is 7. The molecule has 2 aromatic heterocycles. The van der Waals surface area contributed by atoms with Crippen LogP contribution >= 0.6 is 34.9 Å². The minimum Gasteiger partial charge on any atom is -0.330 e. The molecule has 0 aliphatic heterocycles. The molecular formula is C10H15N5S3. The lowest BCUT2D eigenvalue weighted by atomic mass is 10.2. The van der Waals surface area contributed by atoms with E-state index in [-0.39, 0.29) is 0 Å². The van der Waals surface area contributed by atoms with Crippen LogP contribution < -0.4 is 5.73 Å². The van der Waals surface area contributed by atoms with Gasteiger partial charge in [-0.1, -0.05) is 23.1 Å². The molecule has 0 aliphatic rings. The summed E-state index contributed by atoms with van der Waals surface area (Å²) in [6.45, 7) is 2.65. The van der Waals surface area contributed by atoms with Crippen molar-refractivity contribution in [3.05, 3.63) is 11.3 Å². The zero-order valence-electron chi connectivity index (χ0n) is 10.5. The minimum atomic E-state index is 0.631. The van der Waals surface area contributed by atoms with Crippen molar-refractivity contribution in [2.24, 2.45) is 12.8 Å². The largest absolute Gasteiger partial charge is 0.330 e. The van der Waals surface area contributed by atoms with Gasteiger partial charge in [0.15, 0.2) is 8.68 Å². The Bertz CT molecular complexity index is 534. The third kappa shape index (κ3) is 2.87. The first-order valence-electron chi connectivity index (χ1n) is 5.43. The molecular weight excluding hydrogens is 286 g/mol. The van der Waals surface area contributed by atoms with E-state index in [1.165, 1.54) is 5.56 Å². The van der Waals surface area contributed by atoms with E-state index in [4.69, 9.17) is 5.73 Å². The van der Waals surface area contributed by atoms with Gasteiger partial charge in [0, 0.05) is 12.6 Å². The van der Waals surface area contributed by atoms with E-state index in [2.05, 4.69) is 15.3 Å². The molecule has 0 atom stereocenters. The maximum atomic E-state index is 5.65. The van der Waals surface area contributed by atoms with E-state index in [1.54, 1.807) is 34.9 Å². The van der Waals surface area contributed by atoms with E-state index >= 15 is 0 Å². The topological polar surface area (TPSA) is 69.6 Å². The molecule has 98 valence electrons. The van der Waals surface area contributed by atoms with Gasteiger partial charge >= 0.3 is 0 Å². The van der Waals surface area contributed by atoms with Gasteiger partial charge in [-0.3, -0.25) is 4.68 Å². The molecule has 0 bridgehead atoms. The number of rotatable bonds is 5. The number of aryl methyl sites for hydroxylation is 2. The molecule has 8 heteroatoms. The first-order valence-corrected chi connectivity index (χ1v) is 8.29. The molecule has 0 spiro atoms. The Morgan fingerprint density at radius 3 is 2.67 bits per heavy atom. The second-order valence-corrected chi connectivity index (χ2v) is 6.94. The van der Waals surface area contributed by atoms with Crippen LogP contribution in [0.2, 0.25) is 0 Å². The highest BCUT2D eigenvalue weighted by molar-refractivity contribution is 8.03. The predicted octanol–water partition coefficient (Wildman–Crippen LogP) is 1.95. The average Bonchev–Trinajstić information content (AvgIpc) is 2.89. The molecule has 0 saturated carbocycles. The molecule has 0 radical (unpaired) electrons. The summed E-state index contributed by atoms with van der Waals surface area (Å²) in [6.07, 6.45) is 2.85. The van der Waals surface area contributed by atoms with Crippen molar-refractivity contribution < 1.29 is 0 Å². The van der Waals surface area contributed by atoms with E-state index in [1.807, 2.05) is 24.9 Å². The van der Waals surface area contributed by atoms with Crippen molar-refractivity contribution >= 4 is 34.9 Å². The lowest BCUT2D eigenvalue weighted by Gasteiger charge is -2.02. The molecule has 0 saturated heterocycles. The van der Waals surface area contributed by atoms with Crippen molar-refractivity contribution in [1.29, 1.82) is 0 Å². The van der Waals surface area contributed by atoms with Crippen molar-refractivity contribution in [2.75, 3.05) is 12.8 Å². The molecule has 0 aliphatic carbocycles. The Morgan fingerprint density at radius 2 is 2.06 bits per heavy atom. The Labute approximate surface area is 119 Å². The molecule has 0 amide bonds. The smallest absolute Gasteiger partial charge is 0.181 e. The molecule has 18 heavy (non-hydrogen) atoms. The fourth-order valence-electron chi connectivity index (χ4n) is 1.64. The van der Waals surface area contributed by atoms with E-state index in [9.17, 15) is 0 Å². The Kier molecular flexibility index (Phi) is 4.66. The van der Waals surface area contributed by atoms with Gasteiger partial charge in [0.25, 0.3) is 0 Å². The average molecular weight is 301 g/mol. The van der Waals surface area contributed by atoms with Gasteiger partial charge in [0.2, 0.25) is 0 Å². The lowest BCUT2D eigenvalue weighted by molar-refractivity contribution is 0.687. The summed E-state index contributed by atoms with van der Waals surface area (Å²) >= 11 is 4.83. The quantitative estimate of drug-likeness (QED) is 0.851. The predicted molar refractivity (Wildman–Crippen MR) is 76.5 cm³/mol. The van der Waals surface area contributed by atoms with Crippen molar-refractivity contribution in [3.63, 3.8) is 0 Å². The van der Waals surface area contributed by atoms with Crippen LogP contribution in [0.5, 0.6) is 0 Å². The van der Waals surface area contributed by atoms with Crippen LogP contribution in [0.15, 0.2) is 13.7 Å². The SMILES string of the molecule is CSc1nnc(Sc2c(CCN)c(C)nn2C)s1. The summed E-state index contributed by atoms with van der Waals surface area (Å²) in [4.78, 5) is 0. The summed E-state index contributed by atoms with van der Waals surface area (Å²) in [6, 6.07) is 0. The molecule has 2 aromatic rings. The number of aromatic nitrogens is 4. The number of nitrogens with two attached hydrogens (primary N) is 1. The standard InChI is InChI=1S/C10H15N5S3/c1-6-7(4-5-11)8(15(2)14-6)17-10-13-12-9(16-3)18-10/h4-5,11H2,1-3H3. The highest BCUT2D eigenvalue weighted by Gasteiger charge is 2.16. The summed E-state index contributed by atoms with van der Waals surface area (Å²) < 4.78 is 3.82. The van der Waals surface area contributed by atoms with Crippen LogP contribution in [-0.2, 0) is 13.5 Å². The zero-order valence-corrected chi connectivity index (χ0v) is 13.0. The van der Waals surface area contributed by atoms with Gasteiger partial charge in [0.1, 0.15) is 5.03 Å². The van der Waals surface area contributed by atoms with Crippen molar-refractivity contribution in [3.8, 4) is 0 Å². The fourth-order valence-corrected chi connectivity index (χ4v) is 4.24. The maximum Gasteiger partial charge on any atom is 0.181 e. The van der Waals surface area contributed by atoms with Crippen molar-refractivity contribution in [1.82, 2.24) is 20.0 Å². The van der Waals surface area contributed by atoms with Crippen LogP contribution in [-0.4, -0.2) is 32.8 Å². The van der Waals surface area contributed by atoms with E-state index in [0.29, 0.717) is 6.54 Å². The summed E-state index contributed by atoms with van der Waals surface area (Å²) in [5.41, 5.74) is 7.91. The van der Waals surface area contributed by atoms with Gasteiger partial charge in [-0.2, -0.15) is 5.10 Å². The third-order valence-electron chi connectivity index (χ3n) is 2.43. The molecule has 0 aromatic carbocycles. The number of thioether (sulfide) groups is 1.